The Bertz CT molecular complexity index is 388. The zero-order valence-electron chi connectivity index (χ0n) is 11.5. The molecule has 0 atom stereocenters. The summed E-state index contributed by atoms with van der Waals surface area (Å²) >= 11 is 0. The molecule has 6 nitrogen and oxygen atoms in total. The molecule has 1 fully saturated rings. The van der Waals surface area contributed by atoms with Gasteiger partial charge in [-0.2, -0.15) is 9.97 Å². The molecule has 1 aliphatic rings. The van der Waals surface area contributed by atoms with Gasteiger partial charge in [-0.05, 0) is 25.7 Å². The number of hydrogen-bond acceptors (Lipinski definition) is 6. The molecular weight excluding hydrogens is 246 g/mol. The van der Waals surface area contributed by atoms with Crippen molar-refractivity contribution in [3.8, 4) is 11.8 Å². The summed E-state index contributed by atoms with van der Waals surface area (Å²) in [5.41, 5.74) is 0. The van der Waals surface area contributed by atoms with Crippen LogP contribution in [0.15, 0.2) is 6.07 Å². The Labute approximate surface area is 113 Å². The van der Waals surface area contributed by atoms with E-state index in [9.17, 15) is 0 Å². The van der Waals surface area contributed by atoms with Crippen LogP contribution in [-0.2, 0) is 0 Å². The van der Waals surface area contributed by atoms with E-state index < -0.39 is 0 Å². The van der Waals surface area contributed by atoms with Gasteiger partial charge in [0, 0.05) is 19.2 Å². The Morgan fingerprint density at radius 1 is 1.26 bits per heavy atom. The van der Waals surface area contributed by atoms with Crippen LogP contribution in [0, 0.1) is 0 Å². The Morgan fingerprint density at radius 3 is 2.32 bits per heavy atom. The van der Waals surface area contributed by atoms with Crippen molar-refractivity contribution in [3.05, 3.63) is 6.07 Å². The van der Waals surface area contributed by atoms with Gasteiger partial charge < -0.3 is 19.5 Å². The average molecular weight is 267 g/mol. The fourth-order valence-corrected chi connectivity index (χ4v) is 2.12. The van der Waals surface area contributed by atoms with Gasteiger partial charge >= 0.3 is 0 Å². The van der Waals surface area contributed by atoms with Crippen LogP contribution >= 0.6 is 0 Å². The summed E-state index contributed by atoms with van der Waals surface area (Å²) in [6, 6.07) is 2.12. The van der Waals surface area contributed by atoms with E-state index >= 15 is 0 Å². The molecule has 1 aromatic heterocycles. The maximum absolute atomic E-state index is 9.02. The smallest absolute Gasteiger partial charge is 0.232 e. The number of aliphatic hydroxyl groups excluding tert-OH is 1. The lowest BCUT2D eigenvalue weighted by Gasteiger charge is -2.37. The molecule has 1 heterocycles. The van der Waals surface area contributed by atoms with Crippen molar-refractivity contribution in [2.24, 2.45) is 0 Å². The van der Waals surface area contributed by atoms with E-state index in [1.807, 2.05) is 0 Å². The Morgan fingerprint density at radius 2 is 1.89 bits per heavy atom. The Hall–Kier alpha value is -1.56. The fraction of sp³-hybridized carbons (Fsp3) is 0.692. The minimum Gasteiger partial charge on any atom is -0.481 e. The molecule has 1 N–H and O–H groups in total. The number of nitrogens with zero attached hydrogens (tertiary/aromatic N) is 3. The molecule has 19 heavy (non-hydrogen) atoms. The van der Waals surface area contributed by atoms with Gasteiger partial charge in [0.2, 0.25) is 17.7 Å². The third-order valence-electron chi connectivity index (χ3n) is 3.42. The standard InChI is InChI=1S/C13H21N3O3/c1-18-11-9-12(19-2)15-13(14-11)16(7-4-8-17)10-5-3-6-10/h9-10,17H,3-8H2,1-2H3. The minimum absolute atomic E-state index is 0.171. The lowest BCUT2D eigenvalue weighted by Crippen LogP contribution is -2.42. The lowest BCUT2D eigenvalue weighted by molar-refractivity contribution is 0.281. The first-order valence-corrected chi connectivity index (χ1v) is 6.63. The van der Waals surface area contributed by atoms with Gasteiger partial charge in [0.15, 0.2) is 0 Å². The largest absolute Gasteiger partial charge is 0.481 e. The molecule has 0 saturated heterocycles. The molecule has 0 aromatic carbocycles. The molecule has 1 aliphatic carbocycles. The number of ether oxygens (including phenoxy) is 2. The van der Waals surface area contributed by atoms with Gasteiger partial charge in [-0.1, -0.05) is 0 Å². The van der Waals surface area contributed by atoms with Crippen LogP contribution in [0.25, 0.3) is 0 Å². The summed E-state index contributed by atoms with van der Waals surface area (Å²) in [6.45, 7) is 0.918. The summed E-state index contributed by atoms with van der Waals surface area (Å²) in [6.07, 6.45) is 4.24. The Kier molecular flexibility index (Phi) is 4.79. The highest BCUT2D eigenvalue weighted by Crippen LogP contribution is 2.29. The van der Waals surface area contributed by atoms with Crippen molar-refractivity contribution in [2.75, 3.05) is 32.3 Å². The molecule has 6 heteroatoms. The van der Waals surface area contributed by atoms with Gasteiger partial charge in [0.25, 0.3) is 0 Å². The van der Waals surface area contributed by atoms with Crippen molar-refractivity contribution in [1.82, 2.24) is 9.97 Å². The van der Waals surface area contributed by atoms with Gasteiger partial charge in [0.1, 0.15) is 0 Å². The van der Waals surface area contributed by atoms with Crippen molar-refractivity contribution in [2.45, 2.75) is 31.7 Å². The van der Waals surface area contributed by atoms with E-state index in [0.717, 1.165) is 19.4 Å². The molecule has 1 saturated carbocycles. The van der Waals surface area contributed by atoms with Crippen LogP contribution < -0.4 is 14.4 Å². The minimum atomic E-state index is 0.171. The van der Waals surface area contributed by atoms with Crippen LogP contribution in [0.3, 0.4) is 0 Å². The summed E-state index contributed by atoms with van der Waals surface area (Å²) < 4.78 is 10.4. The fourth-order valence-electron chi connectivity index (χ4n) is 2.12. The van der Waals surface area contributed by atoms with E-state index in [2.05, 4.69) is 14.9 Å². The summed E-state index contributed by atoms with van der Waals surface area (Å²) in [4.78, 5) is 10.9. The number of aliphatic hydroxyl groups is 1. The SMILES string of the molecule is COc1cc(OC)nc(N(CCCO)C2CCC2)n1. The molecule has 1 aromatic rings. The zero-order chi connectivity index (χ0) is 13.7. The lowest BCUT2D eigenvalue weighted by atomic mass is 9.91. The van der Waals surface area contributed by atoms with Gasteiger partial charge in [-0.25, -0.2) is 0 Å². The van der Waals surface area contributed by atoms with Gasteiger partial charge in [-0.15, -0.1) is 0 Å². The molecule has 0 radical (unpaired) electrons. The normalized spacial score (nSPS) is 14.9. The maximum Gasteiger partial charge on any atom is 0.232 e. The molecule has 106 valence electrons. The van der Waals surface area contributed by atoms with E-state index in [4.69, 9.17) is 14.6 Å². The van der Waals surface area contributed by atoms with E-state index in [1.165, 1.54) is 6.42 Å². The molecule has 0 amide bonds. The third kappa shape index (κ3) is 3.26. The van der Waals surface area contributed by atoms with Crippen LogP contribution in [-0.4, -0.2) is 48.5 Å². The average Bonchev–Trinajstić information content (AvgIpc) is 2.40. The zero-order valence-corrected chi connectivity index (χ0v) is 11.5. The predicted molar refractivity (Wildman–Crippen MR) is 71.8 cm³/mol. The topological polar surface area (TPSA) is 67.7 Å². The number of hydrogen-bond donors (Lipinski definition) is 1. The van der Waals surface area contributed by atoms with Crippen molar-refractivity contribution in [1.29, 1.82) is 0 Å². The summed E-state index contributed by atoms with van der Waals surface area (Å²) in [5, 5.41) is 9.02. The number of aromatic nitrogens is 2. The molecule has 0 unspecified atom stereocenters. The number of methoxy groups -OCH3 is 2. The highest BCUT2D eigenvalue weighted by molar-refractivity contribution is 5.38. The van der Waals surface area contributed by atoms with E-state index in [0.29, 0.717) is 30.2 Å². The Balaban J connectivity index is 2.23. The molecule has 0 bridgehead atoms. The summed E-state index contributed by atoms with van der Waals surface area (Å²) in [7, 11) is 3.15. The van der Waals surface area contributed by atoms with Crippen LogP contribution in [0.4, 0.5) is 5.95 Å². The second-order valence-corrected chi connectivity index (χ2v) is 4.61. The van der Waals surface area contributed by atoms with Crippen LogP contribution in [0.1, 0.15) is 25.7 Å². The molecule has 0 spiro atoms. The maximum atomic E-state index is 9.02. The second-order valence-electron chi connectivity index (χ2n) is 4.61. The van der Waals surface area contributed by atoms with E-state index in [-0.39, 0.29) is 6.61 Å². The first-order chi connectivity index (χ1) is 9.28. The quantitative estimate of drug-likeness (QED) is 0.801. The van der Waals surface area contributed by atoms with E-state index in [1.54, 1.807) is 20.3 Å². The molecule has 0 aliphatic heterocycles. The van der Waals surface area contributed by atoms with Crippen LogP contribution in [0.5, 0.6) is 11.8 Å². The van der Waals surface area contributed by atoms with Crippen molar-refractivity contribution >= 4 is 5.95 Å². The molecular formula is C13H21N3O3. The monoisotopic (exact) mass is 267 g/mol. The summed E-state index contributed by atoms with van der Waals surface area (Å²) in [5.74, 6) is 1.61. The molecule has 2 rings (SSSR count). The van der Waals surface area contributed by atoms with Gasteiger partial charge in [0.05, 0.1) is 20.3 Å². The first-order valence-electron chi connectivity index (χ1n) is 6.63. The highest BCUT2D eigenvalue weighted by Gasteiger charge is 2.27. The number of anilines is 1. The van der Waals surface area contributed by atoms with Crippen molar-refractivity contribution in [3.63, 3.8) is 0 Å². The second kappa shape index (κ2) is 6.56. The van der Waals surface area contributed by atoms with Gasteiger partial charge in [-0.3, -0.25) is 0 Å². The first kappa shape index (κ1) is 13.9. The third-order valence-corrected chi connectivity index (χ3v) is 3.42. The highest BCUT2D eigenvalue weighted by atomic mass is 16.5. The van der Waals surface area contributed by atoms with Crippen molar-refractivity contribution < 1.29 is 14.6 Å². The van der Waals surface area contributed by atoms with Crippen LogP contribution in [0.2, 0.25) is 0 Å². The number of rotatable bonds is 7. The predicted octanol–water partition coefficient (Wildman–Crippen LogP) is 1.24.